The maximum Gasteiger partial charge on any atom is 0.0610 e. The first kappa shape index (κ1) is 16.3. The summed E-state index contributed by atoms with van der Waals surface area (Å²) in [5.74, 6) is 2.54. The van der Waals surface area contributed by atoms with Crippen molar-refractivity contribution < 1.29 is 5.11 Å². The summed E-state index contributed by atoms with van der Waals surface area (Å²) >= 11 is 2.04. The number of hydrogen-bond donors (Lipinski definition) is 2. The summed E-state index contributed by atoms with van der Waals surface area (Å²) in [7, 11) is 0. The van der Waals surface area contributed by atoms with Gasteiger partial charge in [-0.2, -0.15) is 11.8 Å². The van der Waals surface area contributed by atoms with E-state index in [1.165, 1.54) is 30.8 Å². The van der Waals surface area contributed by atoms with Crippen LogP contribution < -0.4 is 5.32 Å². The highest BCUT2D eigenvalue weighted by molar-refractivity contribution is 7.99. The van der Waals surface area contributed by atoms with E-state index in [1.54, 1.807) is 0 Å². The van der Waals surface area contributed by atoms with Crippen LogP contribution in [0.2, 0.25) is 0 Å². The van der Waals surface area contributed by atoms with E-state index in [0.29, 0.717) is 6.04 Å². The van der Waals surface area contributed by atoms with Gasteiger partial charge in [-0.1, -0.05) is 27.2 Å². The van der Waals surface area contributed by atoms with Gasteiger partial charge in [0.05, 0.1) is 6.61 Å². The first-order valence-electron chi connectivity index (χ1n) is 6.50. The lowest BCUT2D eigenvalue weighted by Gasteiger charge is -2.31. The van der Waals surface area contributed by atoms with Crippen molar-refractivity contribution in [2.75, 3.05) is 18.1 Å². The smallest absolute Gasteiger partial charge is 0.0610 e. The zero-order chi connectivity index (χ0) is 12.4. The summed E-state index contributed by atoms with van der Waals surface area (Å²) in [6.45, 7) is 8.83. The molecule has 0 aliphatic heterocycles. The highest BCUT2D eigenvalue weighted by Crippen LogP contribution is 2.16. The lowest BCUT2D eigenvalue weighted by atomic mass is 9.95. The molecular weight excluding hydrogens is 218 g/mol. The van der Waals surface area contributed by atoms with Gasteiger partial charge in [0, 0.05) is 11.6 Å². The summed E-state index contributed by atoms with van der Waals surface area (Å²) in [6, 6.07) is 0.437. The average molecular weight is 247 g/mol. The van der Waals surface area contributed by atoms with Gasteiger partial charge in [-0.15, -0.1) is 0 Å². The number of aliphatic hydroxyl groups excluding tert-OH is 1. The van der Waals surface area contributed by atoms with Crippen molar-refractivity contribution in [3.05, 3.63) is 0 Å². The maximum atomic E-state index is 9.41. The molecule has 0 aliphatic rings. The maximum absolute atomic E-state index is 9.41. The van der Waals surface area contributed by atoms with E-state index < -0.39 is 0 Å². The van der Waals surface area contributed by atoms with Gasteiger partial charge < -0.3 is 10.4 Å². The Morgan fingerprint density at radius 1 is 1.25 bits per heavy atom. The van der Waals surface area contributed by atoms with Crippen molar-refractivity contribution in [2.45, 2.75) is 65.0 Å². The Balaban J connectivity index is 3.61. The molecule has 1 atom stereocenters. The van der Waals surface area contributed by atoms with E-state index in [1.807, 2.05) is 11.8 Å². The zero-order valence-electron chi connectivity index (χ0n) is 11.4. The molecule has 0 fully saturated rings. The van der Waals surface area contributed by atoms with Crippen LogP contribution >= 0.6 is 11.8 Å². The SMILES string of the molecule is CCCSCCCCC(C)(CO)NC(C)C. The lowest BCUT2D eigenvalue weighted by molar-refractivity contribution is 0.154. The number of thioether (sulfide) groups is 1. The van der Waals surface area contributed by atoms with Crippen LogP contribution in [-0.4, -0.2) is 34.8 Å². The average Bonchev–Trinajstić information content (AvgIpc) is 2.22. The van der Waals surface area contributed by atoms with Gasteiger partial charge in [-0.05, 0) is 37.7 Å². The van der Waals surface area contributed by atoms with E-state index in [9.17, 15) is 5.11 Å². The number of unbranched alkanes of at least 4 members (excludes halogenated alkanes) is 1. The molecule has 0 aliphatic carbocycles. The topological polar surface area (TPSA) is 32.3 Å². The van der Waals surface area contributed by atoms with Crippen LogP contribution in [0.4, 0.5) is 0 Å². The first-order chi connectivity index (χ1) is 7.54. The van der Waals surface area contributed by atoms with Crippen LogP contribution in [-0.2, 0) is 0 Å². The minimum absolute atomic E-state index is 0.0937. The number of rotatable bonds is 10. The minimum Gasteiger partial charge on any atom is -0.394 e. The Kier molecular flexibility index (Phi) is 9.47. The van der Waals surface area contributed by atoms with E-state index in [4.69, 9.17) is 0 Å². The van der Waals surface area contributed by atoms with Gasteiger partial charge in [-0.3, -0.25) is 0 Å². The van der Waals surface area contributed by atoms with Crippen molar-refractivity contribution in [1.29, 1.82) is 0 Å². The van der Waals surface area contributed by atoms with E-state index in [2.05, 4.69) is 33.0 Å². The van der Waals surface area contributed by atoms with Gasteiger partial charge in [-0.25, -0.2) is 0 Å². The third-order valence-electron chi connectivity index (χ3n) is 2.60. The molecule has 0 saturated heterocycles. The third-order valence-corrected chi connectivity index (χ3v) is 3.88. The fraction of sp³-hybridized carbons (Fsp3) is 1.00. The van der Waals surface area contributed by atoms with Crippen molar-refractivity contribution in [3.8, 4) is 0 Å². The van der Waals surface area contributed by atoms with Crippen LogP contribution in [0.1, 0.15) is 53.4 Å². The molecule has 0 heterocycles. The van der Waals surface area contributed by atoms with E-state index >= 15 is 0 Å². The predicted molar refractivity (Wildman–Crippen MR) is 75.2 cm³/mol. The third kappa shape index (κ3) is 8.43. The van der Waals surface area contributed by atoms with E-state index in [-0.39, 0.29) is 12.1 Å². The molecule has 98 valence electrons. The predicted octanol–water partition coefficient (Wildman–Crippen LogP) is 3.05. The number of hydrogen-bond acceptors (Lipinski definition) is 3. The Bertz CT molecular complexity index is 164. The quantitative estimate of drug-likeness (QED) is 0.582. The van der Waals surface area contributed by atoms with Gasteiger partial charge in [0.1, 0.15) is 0 Å². The molecule has 3 heteroatoms. The molecule has 0 aromatic rings. The Morgan fingerprint density at radius 2 is 1.94 bits per heavy atom. The van der Waals surface area contributed by atoms with Crippen molar-refractivity contribution in [3.63, 3.8) is 0 Å². The standard InChI is InChI=1S/C13H29NOS/c1-5-9-16-10-7-6-8-13(4,11-15)14-12(2)3/h12,14-15H,5-11H2,1-4H3. The molecule has 0 spiro atoms. The minimum atomic E-state index is -0.0937. The molecular formula is C13H29NOS. The van der Waals surface area contributed by atoms with Gasteiger partial charge in [0.2, 0.25) is 0 Å². The summed E-state index contributed by atoms with van der Waals surface area (Å²) < 4.78 is 0. The molecule has 0 amide bonds. The van der Waals surface area contributed by atoms with Crippen LogP contribution in [0, 0.1) is 0 Å². The van der Waals surface area contributed by atoms with Crippen molar-refractivity contribution >= 4 is 11.8 Å². The summed E-state index contributed by atoms with van der Waals surface area (Å²) in [5, 5.41) is 12.9. The fourth-order valence-corrected chi connectivity index (χ4v) is 2.76. The van der Waals surface area contributed by atoms with Crippen LogP contribution in [0.25, 0.3) is 0 Å². The molecule has 1 unspecified atom stereocenters. The number of nitrogens with one attached hydrogen (secondary N) is 1. The van der Waals surface area contributed by atoms with Crippen LogP contribution in [0.15, 0.2) is 0 Å². The van der Waals surface area contributed by atoms with Gasteiger partial charge in [0.25, 0.3) is 0 Å². The largest absolute Gasteiger partial charge is 0.394 e. The Labute approximate surface area is 106 Å². The molecule has 0 radical (unpaired) electrons. The lowest BCUT2D eigenvalue weighted by Crippen LogP contribution is -2.49. The molecule has 0 aromatic heterocycles. The van der Waals surface area contributed by atoms with E-state index in [0.717, 1.165) is 6.42 Å². The summed E-state index contributed by atoms with van der Waals surface area (Å²) in [4.78, 5) is 0. The van der Waals surface area contributed by atoms with Crippen molar-refractivity contribution in [1.82, 2.24) is 5.32 Å². The molecule has 0 rings (SSSR count). The van der Waals surface area contributed by atoms with Crippen molar-refractivity contribution in [2.24, 2.45) is 0 Å². The Morgan fingerprint density at radius 3 is 2.44 bits per heavy atom. The van der Waals surface area contributed by atoms with Crippen LogP contribution in [0.3, 0.4) is 0 Å². The normalized spacial score (nSPS) is 15.4. The molecule has 0 bridgehead atoms. The highest BCUT2D eigenvalue weighted by Gasteiger charge is 2.22. The van der Waals surface area contributed by atoms with Gasteiger partial charge >= 0.3 is 0 Å². The van der Waals surface area contributed by atoms with Gasteiger partial charge in [0.15, 0.2) is 0 Å². The number of aliphatic hydroxyl groups is 1. The summed E-state index contributed by atoms with van der Waals surface area (Å²) in [5.41, 5.74) is -0.0937. The molecule has 2 nitrogen and oxygen atoms in total. The summed E-state index contributed by atoms with van der Waals surface area (Å²) in [6.07, 6.45) is 4.80. The molecule has 2 N–H and O–H groups in total. The highest BCUT2D eigenvalue weighted by atomic mass is 32.2. The molecule has 0 aromatic carbocycles. The second-order valence-electron chi connectivity index (χ2n) is 5.09. The monoisotopic (exact) mass is 247 g/mol. The Hall–Kier alpha value is 0.270. The molecule has 0 saturated carbocycles. The zero-order valence-corrected chi connectivity index (χ0v) is 12.2. The molecule has 16 heavy (non-hydrogen) atoms. The van der Waals surface area contributed by atoms with Crippen LogP contribution in [0.5, 0.6) is 0 Å². The fourth-order valence-electron chi connectivity index (χ4n) is 1.86. The second kappa shape index (κ2) is 9.32. The second-order valence-corrected chi connectivity index (χ2v) is 6.31. The first-order valence-corrected chi connectivity index (χ1v) is 7.66.